The van der Waals surface area contributed by atoms with Gasteiger partial charge in [0.05, 0.1) is 0 Å². The maximum absolute atomic E-state index is 4.76. The Morgan fingerprint density at radius 3 is 2.48 bits per heavy atom. The largest absolute Gasteiger partial charge is 0.250 e. The molecule has 4 nitrogen and oxygen atoms in total. The first kappa shape index (κ1) is 14.2. The molecule has 0 aromatic carbocycles. The highest BCUT2D eigenvalue weighted by Gasteiger charge is 2.59. The fourth-order valence-electron chi connectivity index (χ4n) is 4.21. The minimum Gasteiger partial charge on any atom is -0.227 e. The number of hydrogen-bond donors (Lipinski definition) is 0. The minimum atomic E-state index is -0.0634. The predicted molar refractivity (Wildman–Crippen MR) is 82.9 cm³/mol. The van der Waals surface area contributed by atoms with Gasteiger partial charge in [-0.2, -0.15) is 9.67 Å². The molecule has 0 radical (unpaired) electrons. The summed E-state index contributed by atoms with van der Waals surface area (Å²) in [5.41, 5.74) is 1.14. The highest BCUT2D eigenvalue weighted by Crippen LogP contribution is 2.45. The van der Waals surface area contributed by atoms with E-state index in [0.29, 0.717) is 0 Å². The van der Waals surface area contributed by atoms with Crippen molar-refractivity contribution >= 4 is 0 Å². The Hall–Kier alpha value is -1.71. The summed E-state index contributed by atoms with van der Waals surface area (Å²) in [6.07, 6.45) is 5.40. The molecule has 21 heavy (non-hydrogen) atoms. The zero-order valence-corrected chi connectivity index (χ0v) is 13.7. The van der Waals surface area contributed by atoms with Crippen LogP contribution in [0.1, 0.15) is 52.8 Å². The molecular weight excluding hydrogens is 260 g/mol. The van der Waals surface area contributed by atoms with Crippen molar-refractivity contribution in [3.05, 3.63) is 30.2 Å². The van der Waals surface area contributed by atoms with Crippen LogP contribution in [0.4, 0.5) is 0 Å². The monoisotopic (exact) mass is 285 g/mol. The van der Waals surface area contributed by atoms with Crippen molar-refractivity contribution in [1.82, 2.24) is 14.8 Å². The Labute approximate surface area is 126 Å². The van der Waals surface area contributed by atoms with E-state index in [1.807, 2.05) is 6.92 Å². The van der Waals surface area contributed by atoms with E-state index in [1.165, 1.54) is 5.69 Å². The van der Waals surface area contributed by atoms with Crippen LogP contribution in [-0.2, 0) is 11.1 Å². The van der Waals surface area contributed by atoms with Crippen LogP contribution in [-0.4, -0.2) is 14.8 Å². The van der Waals surface area contributed by atoms with Gasteiger partial charge in [0.1, 0.15) is 11.4 Å². The first-order valence-electron chi connectivity index (χ1n) is 7.99. The molecule has 0 spiro atoms. The molecule has 1 aliphatic rings. The van der Waals surface area contributed by atoms with Gasteiger partial charge in [-0.3, -0.25) is 0 Å². The summed E-state index contributed by atoms with van der Waals surface area (Å²) in [5, 5.41) is 4.76. The van der Waals surface area contributed by atoms with Crippen molar-refractivity contribution < 1.29 is 4.57 Å². The molecule has 0 aliphatic carbocycles. The summed E-state index contributed by atoms with van der Waals surface area (Å²) < 4.78 is 4.63. The molecule has 1 atom stereocenters. The van der Waals surface area contributed by atoms with Crippen molar-refractivity contribution in [2.45, 2.75) is 65.0 Å². The van der Waals surface area contributed by atoms with Gasteiger partial charge < -0.3 is 0 Å². The van der Waals surface area contributed by atoms with Crippen LogP contribution in [0.3, 0.4) is 0 Å². The van der Waals surface area contributed by atoms with Gasteiger partial charge in [-0.25, -0.2) is 9.67 Å². The van der Waals surface area contributed by atoms with Gasteiger partial charge in [-0.15, -0.1) is 0 Å². The van der Waals surface area contributed by atoms with Gasteiger partial charge in [0.25, 0.3) is 5.69 Å². The molecule has 1 unspecified atom stereocenters. The van der Waals surface area contributed by atoms with Crippen molar-refractivity contribution in [2.75, 3.05) is 0 Å². The zero-order valence-electron chi connectivity index (χ0n) is 13.7. The van der Waals surface area contributed by atoms with Gasteiger partial charge in [0.2, 0.25) is 5.82 Å². The van der Waals surface area contributed by atoms with E-state index in [2.05, 4.69) is 61.3 Å². The molecule has 3 heterocycles. The van der Waals surface area contributed by atoms with E-state index >= 15 is 0 Å². The molecular formula is C17H25N4+. The van der Waals surface area contributed by atoms with Crippen LogP contribution in [0.2, 0.25) is 0 Å². The number of aromatic nitrogens is 4. The van der Waals surface area contributed by atoms with Gasteiger partial charge in [0.15, 0.2) is 11.7 Å². The molecule has 0 saturated carbocycles. The van der Waals surface area contributed by atoms with E-state index in [0.717, 1.165) is 30.9 Å². The Bertz CT molecular complexity index is 669. The lowest BCUT2D eigenvalue weighted by Crippen LogP contribution is -2.71. The van der Waals surface area contributed by atoms with Gasteiger partial charge in [-0.05, 0) is 26.3 Å². The second-order valence-electron chi connectivity index (χ2n) is 6.22. The lowest BCUT2D eigenvalue weighted by Gasteiger charge is -2.46. The summed E-state index contributed by atoms with van der Waals surface area (Å²) in [6, 6.07) is 6.37. The van der Waals surface area contributed by atoms with Crippen molar-refractivity contribution in [3.63, 3.8) is 0 Å². The van der Waals surface area contributed by atoms with Crippen molar-refractivity contribution in [3.8, 4) is 11.5 Å². The second kappa shape index (κ2) is 4.65. The number of rotatable bonds is 3. The highest BCUT2D eigenvalue weighted by molar-refractivity contribution is 5.47. The molecule has 0 fully saturated rings. The summed E-state index contributed by atoms with van der Waals surface area (Å²) in [7, 11) is 0. The maximum Gasteiger partial charge on any atom is 0.250 e. The number of nitrogens with zero attached hydrogens (tertiary/aromatic N) is 4. The van der Waals surface area contributed by atoms with E-state index in [-0.39, 0.29) is 11.1 Å². The SMILES string of the molecule is CCC1(C)n2nc(C)nc2-c2cccc[n+]2C1(CC)CC. The Balaban J connectivity index is 2.43. The van der Waals surface area contributed by atoms with Crippen molar-refractivity contribution in [1.29, 1.82) is 0 Å². The van der Waals surface area contributed by atoms with Gasteiger partial charge in [-0.1, -0.05) is 20.8 Å². The normalized spacial score (nSPS) is 22.7. The smallest absolute Gasteiger partial charge is 0.227 e. The summed E-state index contributed by atoms with van der Waals surface area (Å²) in [6.45, 7) is 11.1. The molecule has 1 aliphatic heterocycles. The van der Waals surface area contributed by atoms with Crippen LogP contribution in [0.15, 0.2) is 24.4 Å². The van der Waals surface area contributed by atoms with Crippen LogP contribution < -0.4 is 4.57 Å². The molecule has 0 bridgehead atoms. The average Bonchev–Trinajstić information content (AvgIpc) is 2.91. The van der Waals surface area contributed by atoms with Crippen LogP contribution >= 0.6 is 0 Å². The molecule has 112 valence electrons. The molecule has 0 amide bonds. The number of aryl methyl sites for hydroxylation is 1. The van der Waals surface area contributed by atoms with Gasteiger partial charge in [0, 0.05) is 25.0 Å². The zero-order chi connectivity index (χ0) is 15.3. The maximum atomic E-state index is 4.76. The Kier molecular flexibility index (Phi) is 3.15. The first-order chi connectivity index (χ1) is 10.0. The average molecular weight is 285 g/mol. The summed E-state index contributed by atoms with van der Waals surface area (Å²) in [5.74, 6) is 1.85. The fourth-order valence-corrected chi connectivity index (χ4v) is 4.21. The molecule has 4 heteroatoms. The van der Waals surface area contributed by atoms with E-state index in [4.69, 9.17) is 10.1 Å². The van der Waals surface area contributed by atoms with E-state index < -0.39 is 0 Å². The van der Waals surface area contributed by atoms with E-state index in [1.54, 1.807) is 0 Å². The van der Waals surface area contributed by atoms with Crippen LogP contribution in [0.5, 0.6) is 0 Å². The topological polar surface area (TPSA) is 34.6 Å². The van der Waals surface area contributed by atoms with E-state index in [9.17, 15) is 0 Å². The van der Waals surface area contributed by atoms with Crippen molar-refractivity contribution in [2.24, 2.45) is 0 Å². The lowest BCUT2D eigenvalue weighted by atomic mass is 9.70. The first-order valence-corrected chi connectivity index (χ1v) is 7.99. The molecule has 3 rings (SSSR count). The summed E-state index contributed by atoms with van der Waals surface area (Å²) >= 11 is 0. The number of hydrogen-bond acceptors (Lipinski definition) is 2. The van der Waals surface area contributed by atoms with Crippen LogP contribution in [0.25, 0.3) is 11.5 Å². The standard InChI is InChI=1S/C17H25N4/c1-6-16(5)17(7-2,8-3)20-12-10-9-11-14(20)15-18-13(4)19-21(15)16/h9-12H,6-8H2,1-5H3/q+1. The number of fused-ring (bicyclic) bond motifs is 3. The predicted octanol–water partition coefficient (Wildman–Crippen LogP) is 3.20. The third kappa shape index (κ3) is 1.59. The Morgan fingerprint density at radius 2 is 1.86 bits per heavy atom. The highest BCUT2D eigenvalue weighted by atomic mass is 15.4. The van der Waals surface area contributed by atoms with Crippen LogP contribution in [0, 0.1) is 6.92 Å². The quantitative estimate of drug-likeness (QED) is 0.812. The second-order valence-corrected chi connectivity index (χ2v) is 6.22. The minimum absolute atomic E-state index is 0.0332. The van der Waals surface area contributed by atoms with Gasteiger partial charge >= 0.3 is 0 Å². The lowest BCUT2D eigenvalue weighted by molar-refractivity contribution is -0.774. The number of pyridine rings is 1. The third-order valence-electron chi connectivity index (χ3n) is 5.59. The fraction of sp³-hybridized carbons (Fsp3) is 0.588. The molecule has 2 aromatic rings. The Morgan fingerprint density at radius 1 is 1.14 bits per heavy atom. The molecule has 0 saturated heterocycles. The summed E-state index contributed by atoms with van der Waals surface area (Å²) in [4.78, 5) is 4.70. The molecule has 0 N–H and O–H groups in total. The molecule has 2 aromatic heterocycles. The third-order valence-corrected chi connectivity index (χ3v) is 5.59.